The molecule has 0 radical (unpaired) electrons. The summed E-state index contributed by atoms with van der Waals surface area (Å²) in [6.45, 7) is 4.97. The van der Waals surface area contributed by atoms with Crippen molar-refractivity contribution in [3.8, 4) is 5.75 Å². The van der Waals surface area contributed by atoms with Gasteiger partial charge in [0.25, 0.3) is 0 Å². The molecule has 4 heteroatoms. The molecule has 2 rings (SSSR count). The molecular weight excluding hydrogens is 294 g/mol. The standard InChI is InChI=1S/C14H20BrNO2/c1-14(2)12(7-13(14)17)16-8-9-6-10(18-3)4-5-11(9)15/h4-6,12-13,16-17H,7-8H2,1-3H3. The molecule has 2 unspecified atom stereocenters. The zero-order valence-corrected chi connectivity index (χ0v) is 12.6. The summed E-state index contributed by atoms with van der Waals surface area (Å²) in [5.74, 6) is 0.864. The maximum atomic E-state index is 9.71. The van der Waals surface area contributed by atoms with Crippen LogP contribution in [-0.2, 0) is 6.54 Å². The number of benzene rings is 1. The predicted molar refractivity (Wildman–Crippen MR) is 75.7 cm³/mol. The van der Waals surface area contributed by atoms with Crippen LogP contribution in [0.2, 0.25) is 0 Å². The third-order valence-electron chi connectivity index (χ3n) is 4.01. The Balaban J connectivity index is 1.99. The van der Waals surface area contributed by atoms with Gasteiger partial charge in [0.1, 0.15) is 5.75 Å². The number of aliphatic hydroxyl groups excluding tert-OH is 1. The van der Waals surface area contributed by atoms with E-state index in [1.807, 2.05) is 18.2 Å². The van der Waals surface area contributed by atoms with Gasteiger partial charge in [0.2, 0.25) is 0 Å². The average Bonchev–Trinajstić information content (AvgIpc) is 2.36. The van der Waals surface area contributed by atoms with Crippen molar-refractivity contribution in [2.45, 2.75) is 39.0 Å². The van der Waals surface area contributed by atoms with E-state index in [0.717, 1.165) is 23.2 Å². The number of methoxy groups -OCH3 is 1. The van der Waals surface area contributed by atoms with E-state index < -0.39 is 0 Å². The Morgan fingerprint density at radius 3 is 2.78 bits per heavy atom. The number of hydrogen-bond donors (Lipinski definition) is 2. The monoisotopic (exact) mass is 313 g/mol. The van der Waals surface area contributed by atoms with Crippen molar-refractivity contribution in [1.29, 1.82) is 0 Å². The molecule has 0 saturated heterocycles. The van der Waals surface area contributed by atoms with Gasteiger partial charge in [-0.2, -0.15) is 0 Å². The Kier molecular flexibility index (Phi) is 3.99. The zero-order valence-electron chi connectivity index (χ0n) is 11.0. The van der Waals surface area contributed by atoms with E-state index in [2.05, 4.69) is 35.1 Å². The summed E-state index contributed by atoms with van der Waals surface area (Å²) in [6.07, 6.45) is 0.637. The topological polar surface area (TPSA) is 41.5 Å². The van der Waals surface area contributed by atoms with Crippen LogP contribution in [0.4, 0.5) is 0 Å². The minimum absolute atomic E-state index is 0.0364. The summed E-state index contributed by atoms with van der Waals surface area (Å²) in [6, 6.07) is 6.33. The highest BCUT2D eigenvalue weighted by atomic mass is 79.9. The number of hydrogen-bond acceptors (Lipinski definition) is 3. The van der Waals surface area contributed by atoms with E-state index in [1.54, 1.807) is 7.11 Å². The molecule has 1 aromatic rings. The molecule has 100 valence electrons. The lowest BCUT2D eigenvalue weighted by atomic mass is 9.64. The Morgan fingerprint density at radius 2 is 2.22 bits per heavy atom. The van der Waals surface area contributed by atoms with E-state index in [-0.39, 0.29) is 11.5 Å². The van der Waals surface area contributed by atoms with Gasteiger partial charge >= 0.3 is 0 Å². The quantitative estimate of drug-likeness (QED) is 0.898. The SMILES string of the molecule is COc1ccc(Br)c(CNC2CC(O)C2(C)C)c1. The largest absolute Gasteiger partial charge is 0.497 e. The summed E-state index contributed by atoms with van der Waals surface area (Å²) in [7, 11) is 1.67. The lowest BCUT2D eigenvalue weighted by molar-refractivity contribution is -0.0730. The Hall–Kier alpha value is -0.580. The molecule has 2 N–H and O–H groups in total. The van der Waals surface area contributed by atoms with Crippen molar-refractivity contribution >= 4 is 15.9 Å². The molecule has 18 heavy (non-hydrogen) atoms. The molecule has 0 aliphatic heterocycles. The zero-order chi connectivity index (χ0) is 13.3. The summed E-state index contributed by atoms with van der Waals surface area (Å²) in [5.41, 5.74) is 1.14. The molecule has 1 fully saturated rings. The molecule has 0 aromatic heterocycles. The van der Waals surface area contributed by atoms with Gasteiger partial charge < -0.3 is 15.2 Å². The number of nitrogens with one attached hydrogen (secondary N) is 1. The van der Waals surface area contributed by atoms with Crippen molar-refractivity contribution in [3.63, 3.8) is 0 Å². The van der Waals surface area contributed by atoms with Gasteiger partial charge in [-0.1, -0.05) is 29.8 Å². The van der Waals surface area contributed by atoms with Crippen molar-refractivity contribution < 1.29 is 9.84 Å². The van der Waals surface area contributed by atoms with E-state index >= 15 is 0 Å². The molecule has 1 saturated carbocycles. The molecule has 2 atom stereocenters. The van der Waals surface area contributed by atoms with Gasteiger partial charge in [-0.15, -0.1) is 0 Å². The van der Waals surface area contributed by atoms with Gasteiger partial charge in [0.15, 0.2) is 0 Å². The van der Waals surface area contributed by atoms with Crippen LogP contribution in [0.15, 0.2) is 22.7 Å². The highest BCUT2D eigenvalue weighted by molar-refractivity contribution is 9.10. The normalized spacial score (nSPS) is 25.6. The molecule has 0 amide bonds. The van der Waals surface area contributed by atoms with Crippen molar-refractivity contribution in [2.24, 2.45) is 5.41 Å². The maximum Gasteiger partial charge on any atom is 0.119 e. The molecule has 3 nitrogen and oxygen atoms in total. The van der Waals surface area contributed by atoms with Gasteiger partial charge in [-0.3, -0.25) is 0 Å². The summed E-state index contributed by atoms with van der Waals surface area (Å²) >= 11 is 3.55. The highest BCUT2D eigenvalue weighted by Crippen LogP contribution is 2.40. The predicted octanol–water partition coefficient (Wildman–Crippen LogP) is 2.71. The minimum Gasteiger partial charge on any atom is -0.497 e. The molecular formula is C14H20BrNO2. The van der Waals surface area contributed by atoms with Crippen LogP contribution in [0.1, 0.15) is 25.8 Å². The molecule has 1 aliphatic rings. The van der Waals surface area contributed by atoms with Crippen LogP contribution in [0, 0.1) is 5.41 Å². The Labute approximate surface area is 117 Å². The molecule has 1 aromatic carbocycles. The van der Waals surface area contributed by atoms with Crippen molar-refractivity contribution in [2.75, 3.05) is 7.11 Å². The second kappa shape index (κ2) is 5.19. The van der Waals surface area contributed by atoms with Crippen molar-refractivity contribution in [1.82, 2.24) is 5.32 Å². The van der Waals surface area contributed by atoms with Gasteiger partial charge in [-0.25, -0.2) is 0 Å². The number of ether oxygens (including phenoxy) is 1. The highest BCUT2D eigenvalue weighted by Gasteiger charge is 2.46. The fraction of sp³-hybridized carbons (Fsp3) is 0.571. The van der Waals surface area contributed by atoms with Crippen LogP contribution < -0.4 is 10.1 Å². The van der Waals surface area contributed by atoms with E-state index in [9.17, 15) is 5.11 Å². The fourth-order valence-electron chi connectivity index (χ4n) is 2.30. The smallest absolute Gasteiger partial charge is 0.119 e. The summed E-state index contributed by atoms with van der Waals surface area (Å²) in [5, 5.41) is 13.2. The van der Waals surface area contributed by atoms with E-state index in [4.69, 9.17) is 4.74 Å². The molecule has 1 aliphatic carbocycles. The average molecular weight is 314 g/mol. The first-order valence-electron chi connectivity index (χ1n) is 6.19. The van der Waals surface area contributed by atoms with Crippen molar-refractivity contribution in [3.05, 3.63) is 28.2 Å². The summed E-state index contributed by atoms with van der Waals surface area (Å²) in [4.78, 5) is 0. The lowest BCUT2D eigenvalue weighted by Gasteiger charge is -2.49. The van der Waals surface area contributed by atoms with Crippen LogP contribution in [-0.4, -0.2) is 24.4 Å². The molecule has 0 spiro atoms. The Morgan fingerprint density at radius 1 is 1.50 bits per heavy atom. The maximum absolute atomic E-state index is 9.71. The van der Waals surface area contributed by atoms with Crippen LogP contribution >= 0.6 is 15.9 Å². The number of halogens is 1. The Bertz CT molecular complexity index is 434. The fourth-order valence-corrected chi connectivity index (χ4v) is 2.68. The van der Waals surface area contributed by atoms with Crippen LogP contribution in [0.5, 0.6) is 5.75 Å². The lowest BCUT2D eigenvalue weighted by Crippen LogP contribution is -2.59. The molecule has 0 bridgehead atoms. The molecule has 0 heterocycles. The van der Waals surface area contributed by atoms with Gasteiger partial charge in [0.05, 0.1) is 13.2 Å². The third kappa shape index (κ3) is 2.56. The number of aliphatic hydroxyl groups is 1. The summed E-state index contributed by atoms with van der Waals surface area (Å²) < 4.78 is 6.30. The van der Waals surface area contributed by atoms with Gasteiger partial charge in [-0.05, 0) is 30.2 Å². The van der Waals surface area contributed by atoms with Gasteiger partial charge in [0, 0.05) is 22.5 Å². The van der Waals surface area contributed by atoms with Crippen LogP contribution in [0.25, 0.3) is 0 Å². The number of rotatable bonds is 4. The van der Waals surface area contributed by atoms with Crippen LogP contribution in [0.3, 0.4) is 0 Å². The second-order valence-corrected chi connectivity index (χ2v) is 6.32. The second-order valence-electron chi connectivity index (χ2n) is 5.46. The first-order chi connectivity index (χ1) is 8.45. The minimum atomic E-state index is -0.191. The van der Waals surface area contributed by atoms with E-state index in [1.165, 1.54) is 5.56 Å². The van der Waals surface area contributed by atoms with E-state index in [0.29, 0.717) is 6.04 Å². The first-order valence-corrected chi connectivity index (χ1v) is 6.98. The third-order valence-corrected chi connectivity index (χ3v) is 4.78. The first kappa shape index (κ1) is 13.8.